The molecule has 2 aromatic rings. The summed E-state index contributed by atoms with van der Waals surface area (Å²) in [5, 5.41) is 8.00. The summed E-state index contributed by atoms with van der Waals surface area (Å²) >= 11 is 0. The molecule has 0 unspecified atom stereocenters. The van der Waals surface area contributed by atoms with Crippen LogP contribution in [0.15, 0.2) is 48.7 Å². The molecule has 132 valence electrons. The molecule has 8 heteroatoms. The Morgan fingerprint density at radius 3 is 2.52 bits per heavy atom. The van der Waals surface area contributed by atoms with Gasteiger partial charge in [0, 0.05) is 19.8 Å². The van der Waals surface area contributed by atoms with Crippen LogP contribution in [0.3, 0.4) is 0 Å². The molecule has 0 bridgehead atoms. The number of urea groups is 1. The molecule has 0 atom stereocenters. The maximum absolute atomic E-state index is 11.7. The predicted molar refractivity (Wildman–Crippen MR) is 93.4 cm³/mol. The summed E-state index contributed by atoms with van der Waals surface area (Å²) in [6.07, 6.45) is 1.66. The van der Waals surface area contributed by atoms with Crippen molar-refractivity contribution in [3.05, 3.63) is 59.8 Å². The lowest BCUT2D eigenvalue weighted by atomic mass is 10.2. The topological polar surface area (TPSA) is 104 Å². The van der Waals surface area contributed by atoms with Crippen LogP contribution in [-0.2, 0) is 22.8 Å². The molecule has 0 aliphatic rings. The number of hydrogen-bond acceptors (Lipinski definition) is 5. The third-order valence-electron chi connectivity index (χ3n) is 3.21. The number of hydroxylamine groups is 1. The number of carbonyl (C=O) groups is 2. The Balaban J connectivity index is 1.59. The van der Waals surface area contributed by atoms with Crippen LogP contribution in [0.1, 0.15) is 11.1 Å². The molecule has 4 N–H and O–H groups in total. The van der Waals surface area contributed by atoms with Gasteiger partial charge in [-0.25, -0.2) is 15.3 Å². The molecular formula is C17H21N5O3. The first-order valence-electron chi connectivity index (χ1n) is 7.76. The molecule has 8 nitrogen and oxygen atoms in total. The van der Waals surface area contributed by atoms with E-state index in [2.05, 4.69) is 26.4 Å². The van der Waals surface area contributed by atoms with E-state index >= 15 is 0 Å². The second-order valence-electron chi connectivity index (χ2n) is 5.14. The summed E-state index contributed by atoms with van der Waals surface area (Å²) in [6, 6.07) is 12.6. The Morgan fingerprint density at radius 2 is 1.84 bits per heavy atom. The lowest BCUT2D eigenvalue weighted by molar-refractivity contribution is -0.133. The first-order valence-corrected chi connectivity index (χ1v) is 7.76. The van der Waals surface area contributed by atoms with E-state index in [4.69, 9.17) is 4.84 Å². The number of anilines is 1. The van der Waals surface area contributed by atoms with Crippen molar-refractivity contribution in [1.29, 1.82) is 0 Å². The van der Waals surface area contributed by atoms with Gasteiger partial charge >= 0.3 is 6.03 Å². The van der Waals surface area contributed by atoms with E-state index in [-0.39, 0.29) is 13.2 Å². The minimum Gasteiger partial charge on any atom is -0.373 e. The molecule has 3 amide bonds. The molecule has 25 heavy (non-hydrogen) atoms. The van der Waals surface area contributed by atoms with Gasteiger partial charge in [0.15, 0.2) is 0 Å². The van der Waals surface area contributed by atoms with Gasteiger partial charge in [-0.3, -0.25) is 9.63 Å². The fourth-order valence-corrected chi connectivity index (χ4v) is 1.89. The van der Waals surface area contributed by atoms with E-state index in [1.54, 1.807) is 13.2 Å². The van der Waals surface area contributed by atoms with Crippen LogP contribution in [0, 0.1) is 0 Å². The van der Waals surface area contributed by atoms with Crippen molar-refractivity contribution in [1.82, 2.24) is 21.1 Å². The van der Waals surface area contributed by atoms with Crippen molar-refractivity contribution in [2.45, 2.75) is 13.2 Å². The zero-order chi connectivity index (χ0) is 17.9. The SMILES string of the molecule is CNc1ccc(CNC(=O)NCC(=O)NOCc2ccccc2)cn1. The summed E-state index contributed by atoms with van der Waals surface area (Å²) in [5.41, 5.74) is 4.06. The molecule has 0 radical (unpaired) electrons. The fourth-order valence-electron chi connectivity index (χ4n) is 1.89. The normalized spacial score (nSPS) is 9.96. The molecule has 0 spiro atoms. The van der Waals surface area contributed by atoms with Gasteiger partial charge in [-0.05, 0) is 17.2 Å². The molecule has 1 heterocycles. The Morgan fingerprint density at radius 1 is 1.04 bits per heavy atom. The van der Waals surface area contributed by atoms with E-state index in [1.165, 1.54) is 0 Å². The summed E-state index contributed by atoms with van der Waals surface area (Å²) in [5.74, 6) is 0.312. The van der Waals surface area contributed by atoms with Crippen LogP contribution < -0.4 is 21.4 Å². The number of nitrogens with one attached hydrogen (secondary N) is 4. The van der Waals surface area contributed by atoms with Crippen LogP contribution in [-0.4, -0.2) is 30.5 Å². The van der Waals surface area contributed by atoms with Gasteiger partial charge in [0.05, 0.1) is 6.61 Å². The van der Waals surface area contributed by atoms with Crippen molar-refractivity contribution >= 4 is 17.8 Å². The van der Waals surface area contributed by atoms with E-state index in [9.17, 15) is 9.59 Å². The van der Waals surface area contributed by atoms with E-state index in [0.717, 1.165) is 16.9 Å². The lowest BCUT2D eigenvalue weighted by Gasteiger charge is -2.09. The Bertz CT molecular complexity index is 676. The monoisotopic (exact) mass is 343 g/mol. The minimum atomic E-state index is -0.448. The fraction of sp³-hybridized carbons (Fsp3) is 0.235. The smallest absolute Gasteiger partial charge is 0.315 e. The van der Waals surface area contributed by atoms with E-state index < -0.39 is 11.9 Å². The summed E-state index contributed by atoms with van der Waals surface area (Å²) in [6.45, 7) is 0.390. The Kier molecular flexibility index (Phi) is 7.20. The lowest BCUT2D eigenvalue weighted by Crippen LogP contribution is -2.41. The van der Waals surface area contributed by atoms with Crippen LogP contribution in [0.5, 0.6) is 0 Å². The van der Waals surface area contributed by atoms with Crippen molar-refractivity contribution in [2.75, 3.05) is 18.9 Å². The third-order valence-corrected chi connectivity index (χ3v) is 3.21. The molecule has 0 aliphatic heterocycles. The maximum atomic E-state index is 11.7. The molecule has 2 rings (SSSR count). The minimum absolute atomic E-state index is 0.183. The zero-order valence-corrected chi connectivity index (χ0v) is 13.9. The van der Waals surface area contributed by atoms with Crippen molar-refractivity contribution in [3.63, 3.8) is 0 Å². The number of benzene rings is 1. The largest absolute Gasteiger partial charge is 0.373 e. The third kappa shape index (κ3) is 6.88. The molecule has 0 saturated carbocycles. The highest BCUT2D eigenvalue weighted by Gasteiger charge is 2.05. The number of nitrogens with zero attached hydrogens (tertiary/aromatic N) is 1. The zero-order valence-electron chi connectivity index (χ0n) is 13.9. The van der Waals surface area contributed by atoms with Crippen LogP contribution >= 0.6 is 0 Å². The van der Waals surface area contributed by atoms with Crippen LogP contribution in [0.2, 0.25) is 0 Å². The van der Waals surface area contributed by atoms with Crippen molar-refractivity contribution in [2.24, 2.45) is 0 Å². The highest BCUT2D eigenvalue weighted by Crippen LogP contribution is 2.03. The first-order chi connectivity index (χ1) is 12.2. The molecular weight excluding hydrogens is 322 g/mol. The van der Waals surface area contributed by atoms with Gasteiger partial charge in [-0.1, -0.05) is 36.4 Å². The van der Waals surface area contributed by atoms with Crippen LogP contribution in [0.25, 0.3) is 0 Å². The summed E-state index contributed by atoms with van der Waals surface area (Å²) in [7, 11) is 1.78. The molecule has 1 aromatic heterocycles. The van der Waals surface area contributed by atoms with E-state index in [1.807, 2.05) is 42.5 Å². The molecule has 0 saturated heterocycles. The van der Waals surface area contributed by atoms with Gasteiger partial charge in [0.2, 0.25) is 0 Å². The van der Waals surface area contributed by atoms with Gasteiger partial charge in [0.1, 0.15) is 12.4 Å². The molecule has 0 aliphatic carbocycles. The van der Waals surface area contributed by atoms with Crippen molar-refractivity contribution in [3.8, 4) is 0 Å². The number of carbonyl (C=O) groups excluding carboxylic acids is 2. The quantitative estimate of drug-likeness (QED) is 0.539. The standard InChI is InChI=1S/C17H21N5O3/c1-18-15-8-7-14(9-19-15)10-20-17(24)21-11-16(23)22-25-12-13-5-3-2-4-6-13/h2-9H,10-12H2,1H3,(H,18,19)(H,22,23)(H2,20,21,24). The second kappa shape index (κ2) is 9.89. The first kappa shape index (κ1) is 18.2. The highest BCUT2D eigenvalue weighted by molar-refractivity contribution is 5.83. The number of amides is 3. The predicted octanol–water partition coefficient (Wildman–Crippen LogP) is 1.17. The van der Waals surface area contributed by atoms with Gasteiger partial charge in [-0.15, -0.1) is 0 Å². The average molecular weight is 343 g/mol. The Hall–Kier alpha value is -3.13. The maximum Gasteiger partial charge on any atom is 0.315 e. The van der Waals surface area contributed by atoms with Gasteiger partial charge in [0.25, 0.3) is 5.91 Å². The van der Waals surface area contributed by atoms with Crippen molar-refractivity contribution < 1.29 is 14.4 Å². The highest BCUT2D eigenvalue weighted by atomic mass is 16.6. The van der Waals surface area contributed by atoms with E-state index in [0.29, 0.717) is 6.54 Å². The summed E-state index contributed by atoms with van der Waals surface area (Å²) < 4.78 is 0. The average Bonchev–Trinajstić information content (AvgIpc) is 2.66. The second-order valence-corrected chi connectivity index (χ2v) is 5.14. The molecule has 1 aromatic carbocycles. The molecule has 0 fully saturated rings. The Labute approximate surface area is 145 Å². The summed E-state index contributed by atoms with van der Waals surface area (Å²) in [4.78, 5) is 32.5. The number of rotatable bonds is 8. The van der Waals surface area contributed by atoms with Crippen LogP contribution in [0.4, 0.5) is 10.6 Å². The number of aromatic nitrogens is 1. The van der Waals surface area contributed by atoms with Gasteiger partial charge in [-0.2, -0.15) is 0 Å². The number of pyridine rings is 1. The van der Waals surface area contributed by atoms with Gasteiger partial charge < -0.3 is 16.0 Å². The number of hydrogen-bond donors (Lipinski definition) is 4.